The quantitative estimate of drug-likeness (QED) is 0.807. The maximum atomic E-state index is 11.0. The minimum absolute atomic E-state index is 0.551. The summed E-state index contributed by atoms with van der Waals surface area (Å²) in [5, 5.41) is 4.97. The lowest BCUT2D eigenvalue weighted by Crippen LogP contribution is -2.28. The van der Waals surface area contributed by atoms with Crippen molar-refractivity contribution < 1.29 is 4.79 Å². The van der Waals surface area contributed by atoms with Crippen LogP contribution in [0.2, 0.25) is 5.02 Å². The smallest absolute Gasteiger partial charge is 0.147 e. The average molecular weight is 294 g/mol. The molecule has 0 saturated carbocycles. The summed E-state index contributed by atoms with van der Waals surface area (Å²) in [6, 6.07) is 3.54. The summed E-state index contributed by atoms with van der Waals surface area (Å²) in [5.74, 6) is 0. The molecule has 2 aromatic rings. The summed E-state index contributed by atoms with van der Waals surface area (Å²) in [5.41, 5.74) is 1.60. The van der Waals surface area contributed by atoms with Gasteiger partial charge in [0.2, 0.25) is 0 Å². The van der Waals surface area contributed by atoms with Crippen molar-refractivity contribution in [1.82, 2.24) is 14.8 Å². The molecule has 0 aliphatic rings. The van der Waals surface area contributed by atoms with Crippen molar-refractivity contribution in [3.05, 3.63) is 35.1 Å². The highest BCUT2D eigenvalue weighted by Gasteiger charge is 2.22. The van der Waals surface area contributed by atoms with Gasteiger partial charge in [0.1, 0.15) is 23.2 Å². The molecule has 0 spiro atoms. The number of carbonyl (C=O) groups excluding carboxylic acids is 1. The Bertz CT molecular complexity index is 591. The summed E-state index contributed by atoms with van der Waals surface area (Å²) in [6.45, 7) is 9.53. The predicted octanol–water partition coefficient (Wildman–Crippen LogP) is 3.87. The van der Waals surface area contributed by atoms with Crippen LogP contribution in [-0.4, -0.2) is 21.1 Å². The second-order valence-electron chi connectivity index (χ2n) is 4.71. The minimum Gasteiger partial charge on any atom is -0.301 e. The third-order valence-electron chi connectivity index (χ3n) is 2.76. The van der Waals surface area contributed by atoms with E-state index < -0.39 is 5.54 Å². The molecule has 108 valence electrons. The Morgan fingerprint density at radius 2 is 1.95 bits per heavy atom. The molecule has 0 aliphatic heterocycles. The first-order valence-electron chi connectivity index (χ1n) is 6.59. The van der Waals surface area contributed by atoms with E-state index >= 15 is 0 Å². The zero-order chi connectivity index (χ0) is 15.3. The van der Waals surface area contributed by atoms with Crippen LogP contribution in [0.3, 0.4) is 0 Å². The third-order valence-corrected chi connectivity index (χ3v) is 3.06. The van der Waals surface area contributed by atoms with Crippen LogP contribution in [0.4, 0.5) is 0 Å². The molecule has 0 amide bonds. The van der Waals surface area contributed by atoms with Gasteiger partial charge in [-0.2, -0.15) is 5.10 Å². The molecule has 2 rings (SSSR count). The van der Waals surface area contributed by atoms with Gasteiger partial charge in [0.05, 0.1) is 5.02 Å². The third kappa shape index (κ3) is 3.25. The van der Waals surface area contributed by atoms with Gasteiger partial charge in [-0.3, -0.25) is 9.67 Å². The maximum absolute atomic E-state index is 11.0. The molecule has 0 N–H and O–H groups in total. The second-order valence-corrected chi connectivity index (χ2v) is 5.12. The molecular weight excluding hydrogens is 274 g/mol. The number of carbonyl (C=O) groups is 1. The van der Waals surface area contributed by atoms with Crippen LogP contribution in [0.5, 0.6) is 0 Å². The van der Waals surface area contributed by atoms with Crippen LogP contribution in [0.25, 0.3) is 11.4 Å². The number of aldehydes is 1. The van der Waals surface area contributed by atoms with Gasteiger partial charge in [-0.1, -0.05) is 25.4 Å². The van der Waals surface area contributed by atoms with E-state index in [1.165, 1.54) is 0 Å². The van der Waals surface area contributed by atoms with Gasteiger partial charge in [-0.05, 0) is 38.5 Å². The van der Waals surface area contributed by atoms with Crippen LogP contribution in [-0.2, 0) is 10.3 Å². The van der Waals surface area contributed by atoms with E-state index in [4.69, 9.17) is 11.6 Å². The molecule has 0 fully saturated rings. The summed E-state index contributed by atoms with van der Waals surface area (Å²) in [6.07, 6.45) is 4.36. The van der Waals surface area contributed by atoms with E-state index in [1.807, 2.05) is 27.0 Å². The normalized spacial score (nSPS) is 10.7. The number of pyridine rings is 1. The zero-order valence-corrected chi connectivity index (χ0v) is 13.3. The lowest BCUT2D eigenvalue weighted by molar-refractivity contribution is -0.114. The number of rotatable bonds is 3. The highest BCUT2D eigenvalue weighted by molar-refractivity contribution is 6.32. The fourth-order valence-electron chi connectivity index (χ4n) is 1.60. The van der Waals surface area contributed by atoms with Crippen LogP contribution < -0.4 is 0 Å². The largest absolute Gasteiger partial charge is 0.301 e. The van der Waals surface area contributed by atoms with Gasteiger partial charge in [-0.15, -0.1) is 0 Å². The Labute approximate surface area is 124 Å². The Hall–Kier alpha value is -1.68. The second kappa shape index (κ2) is 6.66. The van der Waals surface area contributed by atoms with Crippen LogP contribution >= 0.6 is 11.6 Å². The molecule has 0 aliphatic carbocycles. The number of halogens is 1. The topological polar surface area (TPSA) is 47.8 Å². The SMILES string of the molecule is CC.Cc1cn(C(C)(C)C=O)nc1-c1ncccc1Cl. The van der Waals surface area contributed by atoms with Gasteiger partial charge in [0.15, 0.2) is 0 Å². The van der Waals surface area contributed by atoms with Crippen molar-refractivity contribution in [3.63, 3.8) is 0 Å². The van der Waals surface area contributed by atoms with Crippen LogP contribution in [0, 0.1) is 6.92 Å². The molecule has 5 heteroatoms. The lowest BCUT2D eigenvalue weighted by atomic mass is 10.1. The van der Waals surface area contributed by atoms with E-state index in [2.05, 4.69) is 10.1 Å². The highest BCUT2D eigenvalue weighted by atomic mass is 35.5. The molecule has 0 radical (unpaired) electrons. The van der Waals surface area contributed by atoms with Crippen LogP contribution in [0.1, 0.15) is 33.3 Å². The van der Waals surface area contributed by atoms with Crippen LogP contribution in [0.15, 0.2) is 24.5 Å². The Balaban J connectivity index is 0.000000956. The van der Waals surface area contributed by atoms with Gasteiger partial charge < -0.3 is 4.79 Å². The number of nitrogens with zero attached hydrogens (tertiary/aromatic N) is 3. The fraction of sp³-hybridized carbons (Fsp3) is 0.400. The van der Waals surface area contributed by atoms with E-state index in [0.717, 1.165) is 11.8 Å². The molecule has 4 nitrogen and oxygen atoms in total. The Kier molecular flexibility index (Phi) is 5.45. The molecule has 0 unspecified atom stereocenters. The average Bonchev–Trinajstić information content (AvgIpc) is 2.84. The van der Waals surface area contributed by atoms with Crippen molar-refractivity contribution in [1.29, 1.82) is 0 Å². The molecule has 0 atom stereocenters. The van der Waals surface area contributed by atoms with Crippen molar-refractivity contribution in [2.45, 2.75) is 40.2 Å². The van der Waals surface area contributed by atoms with E-state index in [1.54, 1.807) is 36.9 Å². The van der Waals surface area contributed by atoms with Gasteiger partial charge in [0, 0.05) is 12.4 Å². The number of aromatic nitrogens is 3. The predicted molar refractivity (Wildman–Crippen MR) is 81.9 cm³/mol. The number of hydrogen-bond acceptors (Lipinski definition) is 3. The number of hydrogen-bond donors (Lipinski definition) is 0. The van der Waals surface area contributed by atoms with Crippen molar-refractivity contribution in [3.8, 4) is 11.4 Å². The van der Waals surface area contributed by atoms with Crippen molar-refractivity contribution in [2.24, 2.45) is 0 Å². The zero-order valence-electron chi connectivity index (χ0n) is 12.5. The first kappa shape index (κ1) is 16.4. The molecule has 0 saturated heterocycles. The minimum atomic E-state index is -0.676. The standard InChI is InChI=1S/C13H14ClN3O.C2H6/c1-9-7-17(13(2,3)8-18)16-11(9)12-10(14)5-4-6-15-12;1-2/h4-8H,1-3H3;1-2H3. The Morgan fingerprint density at radius 1 is 1.30 bits per heavy atom. The molecule has 0 aromatic carbocycles. The van der Waals surface area contributed by atoms with Crippen molar-refractivity contribution in [2.75, 3.05) is 0 Å². The highest BCUT2D eigenvalue weighted by Crippen LogP contribution is 2.27. The first-order valence-corrected chi connectivity index (χ1v) is 6.97. The summed E-state index contributed by atoms with van der Waals surface area (Å²) in [4.78, 5) is 15.3. The van der Waals surface area contributed by atoms with E-state index in [-0.39, 0.29) is 0 Å². The molecule has 0 bridgehead atoms. The number of aryl methyl sites for hydroxylation is 1. The summed E-state index contributed by atoms with van der Waals surface area (Å²) >= 11 is 6.11. The first-order chi connectivity index (χ1) is 9.45. The molecular formula is C15H20ClN3O. The Morgan fingerprint density at radius 3 is 2.50 bits per heavy atom. The summed E-state index contributed by atoms with van der Waals surface area (Å²) < 4.78 is 1.63. The van der Waals surface area contributed by atoms with E-state index in [9.17, 15) is 4.79 Å². The molecule has 2 aromatic heterocycles. The van der Waals surface area contributed by atoms with Crippen molar-refractivity contribution >= 4 is 17.9 Å². The van der Waals surface area contributed by atoms with Gasteiger partial charge in [0.25, 0.3) is 0 Å². The summed E-state index contributed by atoms with van der Waals surface area (Å²) in [7, 11) is 0. The van der Waals surface area contributed by atoms with Gasteiger partial charge in [-0.25, -0.2) is 0 Å². The fourth-order valence-corrected chi connectivity index (χ4v) is 1.81. The molecule has 2 heterocycles. The maximum Gasteiger partial charge on any atom is 0.147 e. The lowest BCUT2D eigenvalue weighted by Gasteiger charge is -2.17. The molecule has 20 heavy (non-hydrogen) atoms. The monoisotopic (exact) mass is 293 g/mol. The van der Waals surface area contributed by atoms with Gasteiger partial charge >= 0.3 is 0 Å². The van der Waals surface area contributed by atoms with E-state index in [0.29, 0.717) is 16.4 Å².